The maximum atomic E-state index is 14.4. The van der Waals surface area contributed by atoms with Crippen LogP contribution >= 0.6 is 0 Å². The average molecular weight is 507 g/mol. The second-order valence-electron chi connectivity index (χ2n) is 10.3. The topological polar surface area (TPSA) is 51.0 Å². The van der Waals surface area contributed by atoms with Gasteiger partial charge >= 0.3 is 0 Å². The fourth-order valence-electron chi connectivity index (χ4n) is 6.58. The van der Waals surface area contributed by atoms with E-state index in [4.69, 9.17) is 0 Å². The van der Waals surface area contributed by atoms with E-state index in [2.05, 4.69) is 41.3 Å². The lowest BCUT2D eigenvalue weighted by Gasteiger charge is -2.25. The van der Waals surface area contributed by atoms with Gasteiger partial charge in [0, 0.05) is 36.0 Å². The van der Waals surface area contributed by atoms with Crippen LogP contribution in [-0.4, -0.2) is 38.7 Å². The minimum Gasteiger partial charge on any atom is -0.336 e. The average Bonchev–Trinajstić information content (AvgIpc) is 3.19. The fourth-order valence-corrected chi connectivity index (χ4v) is 6.58. The molecule has 3 aromatic carbocycles. The normalized spacial score (nSPS) is 22.0. The predicted molar refractivity (Wildman–Crippen MR) is 140 cm³/mol. The molecule has 7 heteroatoms. The number of carbonyl (C=O) groups is 1. The van der Waals surface area contributed by atoms with Crippen LogP contribution in [0.15, 0.2) is 91.3 Å². The molecular weight excluding hydrogens is 482 g/mol. The SMILES string of the molecule is Cc1cc2c(cnn2-c2ccc(F)cc2)cc1[C@]12CN(C(=O)c3ncccc3F)C[C@H]1[C@@H]2c1ccccc1. The van der Waals surface area contributed by atoms with Crippen molar-refractivity contribution in [2.45, 2.75) is 18.3 Å². The van der Waals surface area contributed by atoms with Gasteiger partial charge in [-0.05, 0) is 78.1 Å². The number of carbonyl (C=O) groups excluding carboxylic acids is 1. The van der Waals surface area contributed by atoms with Gasteiger partial charge in [-0.15, -0.1) is 0 Å². The second-order valence-corrected chi connectivity index (χ2v) is 10.3. The van der Waals surface area contributed by atoms with E-state index in [1.807, 2.05) is 29.1 Å². The standard InChI is InChI=1S/C31H24F2N4O/c1-19-14-27-21(16-35-37(27)23-11-9-22(32)10-12-23)15-24(19)31-18-36(30(38)29-26(33)8-5-13-34-29)17-25(31)28(31)20-6-3-2-4-7-20/h2-16,25,28H,17-18H2,1H3/t25-,28-,31+/m0/s1. The summed E-state index contributed by atoms with van der Waals surface area (Å²) in [6, 6.07) is 23.7. The first-order chi connectivity index (χ1) is 18.5. The molecule has 0 N–H and O–H groups in total. The van der Waals surface area contributed by atoms with Crippen molar-refractivity contribution in [3.63, 3.8) is 0 Å². The molecule has 0 unspecified atom stereocenters. The van der Waals surface area contributed by atoms with Crippen molar-refractivity contribution in [1.82, 2.24) is 19.7 Å². The van der Waals surface area contributed by atoms with E-state index < -0.39 is 5.82 Å². The Kier molecular flexibility index (Phi) is 4.98. The first kappa shape index (κ1) is 22.8. The molecular formula is C31H24F2N4O. The Labute approximate surface area is 218 Å². The third kappa shape index (κ3) is 3.31. The van der Waals surface area contributed by atoms with Crippen molar-refractivity contribution in [3.8, 4) is 5.69 Å². The third-order valence-corrected chi connectivity index (χ3v) is 8.27. The molecule has 5 aromatic rings. The summed E-state index contributed by atoms with van der Waals surface area (Å²) >= 11 is 0. The van der Waals surface area contributed by atoms with Gasteiger partial charge in [-0.25, -0.2) is 18.4 Å². The van der Waals surface area contributed by atoms with Gasteiger partial charge in [-0.2, -0.15) is 5.10 Å². The van der Waals surface area contributed by atoms with Crippen LogP contribution in [0, 0.1) is 24.5 Å². The van der Waals surface area contributed by atoms with Gasteiger partial charge in [0.15, 0.2) is 11.5 Å². The van der Waals surface area contributed by atoms with Crippen molar-refractivity contribution in [2.75, 3.05) is 13.1 Å². The number of piperidine rings is 1. The Bertz CT molecular complexity index is 1700. The molecule has 2 fully saturated rings. The fraction of sp³-hybridized carbons (Fsp3) is 0.194. The Morgan fingerprint density at radius 2 is 1.79 bits per heavy atom. The molecule has 38 heavy (non-hydrogen) atoms. The molecule has 1 amide bonds. The molecule has 2 aliphatic rings. The van der Waals surface area contributed by atoms with E-state index in [-0.39, 0.29) is 34.7 Å². The number of hydrogen-bond donors (Lipinski definition) is 0. The van der Waals surface area contributed by atoms with Gasteiger partial charge in [0.1, 0.15) is 5.82 Å². The summed E-state index contributed by atoms with van der Waals surface area (Å²) in [5.74, 6) is -0.796. The number of nitrogens with zero attached hydrogens (tertiary/aromatic N) is 4. The Morgan fingerprint density at radius 3 is 2.55 bits per heavy atom. The molecule has 1 saturated carbocycles. The number of aromatic nitrogens is 3. The Balaban J connectivity index is 1.31. The molecule has 0 radical (unpaired) electrons. The van der Waals surface area contributed by atoms with E-state index >= 15 is 0 Å². The quantitative estimate of drug-likeness (QED) is 0.309. The lowest BCUT2D eigenvalue weighted by molar-refractivity contribution is 0.0758. The summed E-state index contributed by atoms with van der Waals surface area (Å²) in [4.78, 5) is 19.1. The van der Waals surface area contributed by atoms with Crippen LogP contribution in [-0.2, 0) is 5.41 Å². The zero-order valence-corrected chi connectivity index (χ0v) is 20.7. The van der Waals surface area contributed by atoms with Gasteiger partial charge in [-0.1, -0.05) is 30.3 Å². The first-order valence-electron chi connectivity index (χ1n) is 12.7. The van der Waals surface area contributed by atoms with Crippen LogP contribution < -0.4 is 0 Å². The van der Waals surface area contributed by atoms with Crippen molar-refractivity contribution >= 4 is 16.8 Å². The van der Waals surface area contributed by atoms with Crippen LogP contribution in [0.5, 0.6) is 0 Å². The molecule has 3 atom stereocenters. The molecule has 5 nitrogen and oxygen atoms in total. The summed E-state index contributed by atoms with van der Waals surface area (Å²) in [6.45, 7) is 3.12. The summed E-state index contributed by atoms with van der Waals surface area (Å²) < 4.78 is 29.7. The summed E-state index contributed by atoms with van der Waals surface area (Å²) in [6.07, 6.45) is 3.28. The molecule has 2 aromatic heterocycles. The summed E-state index contributed by atoms with van der Waals surface area (Å²) in [5, 5.41) is 5.56. The van der Waals surface area contributed by atoms with Crippen molar-refractivity contribution in [2.24, 2.45) is 5.92 Å². The number of amides is 1. The van der Waals surface area contributed by atoms with Gasteiger partial charge in [-0.3, -0.25) is 4.79 Å². The maximum absolute atomic E-state index is 14.4. The van der Waals surface area contributed by atoms with Gasteiger partial charge in [0.2, 0.25) is 0 Å². The van der Waals surface area contributed by atoms with E-state index in [1.54, 1.807) is 17.0 Å². The monoisotopic (exact) mass is 506 g/mol. The smallest absolute Gasteiger partial charge is 0.275 e. The highest BCUT2D eigenvalue weighted by Gasteiger charge is 2.71. The first-order valence-corrected chi connectivity index (χ1v) is 12.7. The summed E-state index contributed by atoms with van der Waals surface area (Å²) in [5.41, 5.74) is 4.83. The van der Waals surface area contributed by atoms with Crippen LogP contribution in [0.25, 0.3) is 16.6 Å². The highest BCUT2D eigenvalue weighted by atomic mass is 19.1. The molecule has 1 aliphatic carbocycles. The molecule has 7 rings (SSSR count). The number of halogens is 2. The number of hydrogen-bond acceptors (Lipinski definition) is 3. The largest absolute Gasteiger partial charge is 0.336 e. The Hall–Kier alpha value is -4.39. The van der Waals surface area contributed by atoms with E-state index in [0.717, 1.165) is 22.2 Å². The highest BCUT2D eigenvalue weighted by molar-refractivity contribution is 5.93. The second kappa shape index (κ2) is 8.31. The molecule has 188 valence electrons. The van der Waals surface area contributed by atoms with E-state index in [9.17, 15) is 13.6 Å². The number of aryl methyl sites for hydroxylation is 1. The van der Waals surface area contributed by atoms with Crippen molar-refractivity contribution in [1.29, 1.82) is 0 Å². The maximum Gasteiger partial charge on any atom is 0.275 e. The molecule has 0 bridgehead atoms. The zero-order valence-electron chi connectivity index (χ0n) is 20.7. The number of pyridine rings is 1. The molecule has 3 heterocycles. The van der Waals surface area contributed by atoms with E-state index in [0.29, 0.717) is 13.1 Å². The van der Waals surface area contributed by atoms with Crippen molar-refractivity contribution in [3.05, 3.63) is 125 Å². The Morgan fingerprint density at radius 1 is 1.00 bits per heavy atom. The molecule has 0 spiro atoms. The number of benzene rings is 3. The lowest BCUT2D eigenvalue weighted by atomic mass is 9.86. The third-order valence-electron chi connectivity index (χ3n) is 8.27. The van der Waals surface area contributed by atoms with Gasteiger partial charge in [0.05, 0.1) is 17.4 Å². The zero-order chi connectivity index (χ0) is 26.0. The molecule has 1 saturated heterocycles. The minimum absolute atomic E-state index is 0.132. The van der Waals surface area contributed by atoms with Crippen molar-refractivity contribution < 1.29 is 13.6 Å². The lowest BCUT2D eigenvalue weighted by Crippen LogP contribution is -2.35. The number of fused-ring (bicyclic) bond motifs is 2. The highest BCUT2D eigenvalue weighted by Crippen LogP contribution is 2.69. The van der Waals surface area contributed by atoms with E-state index in [1.165, 1.54) is 41.6 Å². The predicted octanol–water partition coefficient (Wildman–Crippen LogP) is 5.81. The summed E-state index contributed by atoms with van der Waals surface area (Å²) in [7, 11) is 0. The van der Waals surface area contributed by atoms with Crippen LogP contribution in [0.1, 0.15) is 33.1 Å². The minimum atomic E-state index is -0.599. The molecule has 1 aliphatic heterocycles. The van der Waals surface area contributed by atoms with Gasteiger partial charge < -0.3 is 4.90 Å². The van der Waals surface area contributed by atoms with Crippen LogP contribution in [0.4, 0.5) is 8.78 Å². The van der Waals surface area contributed by atoms with Gasteiger partial charge in [0.25, 0.3) is 5.91 Å². The number of likely N-dealkylation sites (tertiary alicyclic amines) is 1. The van der Waals surface area contributed by atoms with Crippen LogP contribution in [0.3, 0.4) is 0 Å². The van der Waals surface area contributed by atoms with Crippen LogP contribution in [0.2, 0.25) is 0 Å². The number of rotatable bonds is 4.